The summed E-state index contributed by atoms with van der Waals surface area (Å²) in [4.78, 5) is 11.0. The second-order valence-corrected chi connectivity index (χ2v) is 3.41. The van der Waals surface area contributed by atoms with Crippen molar-refractivity contribution in [2.24, 2.45) is 5.92 Å². The third-order valence-corrected chi connectivity index (χ3v) is 1.63. The molecule has 0 heterocycles. The van der Waals surface area contributed by atoms with Crippen molar-refractivity contribution >= 4 is 5.97 Å². The van der Waals surface area contributed by atoms with Gasteiger partial charge in [0.1, 0.15) is 6.61 Å². The maximum atomic E-state index is 11.0. The second-order valence-electron chi connectivity index (χ2n) is 3.41. The van der Waals surface area contributed by atoms with Gasteiger partial charge in [-0.05, 0) is 18.8 Å². The van der Waals surface area contributed by atoms with Gasteiger partial charge in [0.05, 0.1) is 0 Å². The van der Waals surface area contributed by atoms with Crippen molar-refractivity contribution in [3.63, 3.8) is 0 Å². The van der Waals surface area contributed by atoms with Gasteiger partial charge in [-0.3, -0.25) is 0 Å². The fourth-order valence-corrected chi connectivity index (χ4v) is 0.846. The minimum absolute atomic E-state index is 0.164. The minimum Gasteiger partial charge on any atom is -0.460 e. The Morgan fingerprint density at radius 1 is 1.54 bits per heavy atom. The standard InChI is InChI=1S/C10H18O3/c1-4-7-13-10(12)9(11)6-5-8(2)3/h4,8-9,11H,1,5-7H2,2-3H3. The molecule has 3 nitrogen and oxygen atoms in total. The predicted molar refractivity (Wildman–Crippen MR) is 51.2 cm³/mol. The first kappa shape index (κ1) is 12.2. The van der Waals surface area contributed by atoms with Crippen LogP contribution in [-0.2, 0) is 9.53 Å². The number of rotatable bonds is 6. The molecule has 0 aliphatic carbocycles. The van der Waals surface area contributed by atoms with Crippen LogP contribution in [0.5, 0.6) is 0 Å². The zero-order valence-electron chi connectivity index (χ0n) is 8.32. The largest absolute Gasteiger partial charge is 0.460 e. The van der Waals surface area contributed by atoms with Crippen molar-refractivity contribution in [2.75, 3.05) is 6.61 Å². The molecule has 0 aromatic heterocycles. The van der Waals surface area contributed by atoms with Crippen LogP contribution in [0, 0.1) is 5.92 Å². The van der Waals surface area contributed by atoms with Crippen LogP contribution in [0.4, 0.5) is 0 Å². The lowest BCUT2D eigenvalue weighted by Gasteiger charge is -2.10. The molecule has 13 heavy (non-hydrogen) atoms. The fourth-order valence-electron chi connectivity index (χ4n) is 0.846. The molecule has 0 aliphatic rings. The van der Waals surface area contributed by atoms with Gasteiger partial charge in [-0.25, -0.2) is 4.79 Å². The Kier molecular flexibility index (Phi) is 6.24. The lowest BCUT2D eigenvalue weighted by atomic mass is 10.1. The number of hydrogen-bond acceptors (Lipinski definition) is 3. The van der Waals surface area contributed by atoms with Gasteiger partial charge in [0, 0.05) is 0 Å². The number of carbonyl (C=O) groups is 1. The SMILES string of the molecule is C=CCOC(=O)C(O)CCC(C)C. The molecular weight excluding hydrogens is 168 g/mol. The second kappa shape index (κ2) is 6.66. The summed E-state index contributed by atoms with van der Waals surface area (Å²) in [6.45, 7) is 7.66. The molecule has 0 aromatic carbocycles. The fraction of sp³-hybridized carbons (Fsp3) is 0.700. The maximum Gasteiger partial charge on any atom is 0.335 e. The minimum atomic E-state index is -0.984. The van der Waals surface area contributed by atoms with Crippen LogP contribution in [0.3, 0.4) is 0 Å². The Labute approximate surface area is 79.4 Å². The molecular formula is C10H18O3. The summed E-state index contributed by atoms with van der Waals surface area (Å²) in [5.74, 6) is -0.0672. The van der Waals surface area contributed by atoms with Gasteiger partial charge in [0.25, 0.3) is 0 Å². The average molecular weight is 186 g/mol. The molecule has 0 saturated carbocycles. The summed E-state index contributed by atoms with van der Waals surface area (Å²) in [6, 6.07) is 0. The lowest BCUT2D eigenvalue weighted by Crippen LogP contribution is -2.23. The molecule has 0 aliphatic heterocycles. The zero-order chi connectivity index (χ0) is 10.3. The van der Waals surface area contributed by atoms with E-state index in [0.717, 1.165) is 6.42 Å². The van der Waals surface area contributed by atoms with Crippen LogP contribution in [0.15, 0.2) is 12.7 Å². The highest BCUT2D eigenvalue weighted by molar-refractivity contribution is 5.74. The van der Waals surface area contributed by atoms with Gasteiger partial charge in [-0.15, -0.1) is 0 Å². The van der Waals surface area contributed by atoms with Crippen LogP contribution in [-0.4, -0.2) is 23.8 Å². The van der Waals surface area contributed by atoms with Gasteiger partial charge in [0.15, 0.2) is 6.10 Å². The summed E-state index contributed by atoms with van der Waals surface area (Å²) in [5.41, 5.74) is 0. The Bertz CT molecular complexity index is 164. The highest BCUT2D eigenvalue weighted by Gasteiger charge is 2.15. The number of carbonyl (C=O) groups excluding carboxylic acids is 1. The van der Waals surface area contributed by atoms with Crippen LogP contribution in [0.1, 0.15) is 26.7 Å². The maximum absolute atomic E-state index is 11.0. The van der Waals surface area contributed by atoms with E-state index in [9.17, 15) is 9.90 Å². The number of aliphatic hydroxyl groups is 1. The molecule has 0 aromatic rings. The van der Waals surface area contributed by atoms with Gasteiger partial charge in [-0.1, -0.05) is 26.5 Å². The van der Waals surface area contributed by atoms with Crippen molar-refractivity contribution < 1.29 is 14.6 Å². The van der Waals surface area contributed by atoms with Crippen LogP contribution in [0.2, 0.25) is 0 Å². The summed E-state index contributed by atoms with van der Waals surface area (Å²) in [7, 11) is 0. The average Bonchev–Trinajstić information content (AvgIpc) is 2.10. The molecule has 1 atom stereocenters. The predicted octanol–water partition coefficient (Wildman–Crippen LogP) is 1.51. The lowest BCUT2D eigenvalue weighted by molar-refractivity contribution is -0.152. The van der Waals surface area contributed by atoms with Crippen molar-refractivity contribution in [1.29, 1.82) is 0 Å². The normalized spacial score (nSPS) is 12.6. The quantitative estimate of drug-likeness (QED) is 0.505. The molecule has 0 saturated heterocycles. The summed E-state index contributed by atoms with van der Waals surface area (Å²) < 4.78 is 4.68. The first-order valence-electron chi connectivity index (χ1n) is 4.53. The molecule has 0 radical (unpaired) electrons. The summed E-state index contributed by atoms with van der Waals surface area (Å²) in [6.07, 6.45) is 1.78. The van der Waals surface area contributed by atoms with Crippen LogP contribution >= 0.6 is 0 Å². The van der Waals surface area contributed by atoms with E-state index in [4.69, 9.17) is 0 Å². The van der Waals surface area contributed by atoms with Gasteiger partial charge < -0.3 is 9.84 Å². The Balaban J connectivity index is 3.62. The molecule has 0 spiro atoms. The van der Waals surface area contributed by atoms with E-state index in [2.05, 4.69) is 11.3 Å². The van der Waals surface area contributed by atoms with E-state index >= 15 is 0 Å². The first-order chi connectivity index (χ1) is 6.07. The van der Waals surface area contributed by atoms with E-state index in [0.29, 0.717) is 12.3 Å². The van der Waals surface area contributed by atoms with Crippen molar-refractivity contribution in [3.05, 3.63) is 12.7 Å². The highest BCUT2D eigenvalue weighted by Crippen LogP contribution is 2.07. The Hall–Kier alpha value is -0.830. The number of esters is 1. The van der Waals surface area contributed by atoms with Gasteiger partial charge in [0.2, 0.25) is 0 Å². The van der Waals surface area contributed by atoms with Crippen LogP contribution in [0.25, 0.3) is 0 Å². The van der Waals surface area contributed by atoms with Crippen molar-refractivity contribution in [3.8, 4) is 0 Å². The Morgan fingerprint density at radius 3 is 2.62 bits per heavy atom. The summed E-state index contributed by atoms with van der Waals surface area (Å²) in [5, 5.41) is 9.28. The molecule has 76 valence electrons. The number of hydrogen-bond donors (Lipinski definition) is 1. The van der Waals surface area contributed by atoms with Crippen molar-refractivity contribution in [1.82, 2.24) is 0 Å². The zero-order valence-corrected chi connectivity index (χ0v) is 8.32. The van der Waals surface area contributed by atoms with E-state index < -0.39 is 12.1 Å². The first-order valence-corrected chi connectivity index (χ1v) is 4.53. The third kappa shape index (κ3) is 6.34. The van der Waals surface area contributed by atoms with E-state index in [-0.39, 0.29) is 6.61 Å². The topological polar surface area (TPSA) is 46.5 Å². The highest BCUT2D eigenvalue weighted by atomic mass is 16.5. The van der Waals surface area contributed by atoms with Crippen LogP contribution < -0.4 is 0 Å². The molecule has 0 amide bonds. The van der Waals surface area contributed by atoms with E-state index in [1.165, 1.54) is 6.08 Å². The number of aliphatic hydroxyl groups excluding tert-OH is 1. The molecule has 0 rings (SSSR count). The number of ether oxygens (including phenoxy) is 1. The smallest absolute Gasteiger partial charge is 0.335 e. The van der Waals surface area contributed by atoms with Gasteiger partial charge >= 0.3 is 5.97 Å². The molecule has 0 bridgehead atoms. The molecule has 3 heteroatoms. The third-order valence-electron chi connectivity index (χ3n) is 1.63. The monoisotopic (exact) mass is 186 g/mol. The molecule has 1 N–H and O–H groups in total. The molecule has 1 unspecified atom stereocenters. The van der Waals surface area contributed by atoms with E-state index in [1.54, 1.807) is 0 Å². The van der Waals surface area contributed by atoms with Crippen molar-refractivity contribution in [2.45, 2.75) is 32.8 Å². The Morgan fingerprint density at radius 2 is 2.15 bits per heavy atom. The summed E-state index contributed by atoms with van der Waals surface area (Å²) >= 11 is 0. The van der Waals surface area contributed by atoms with Gasteiger partial charge in [-0.2, -0.15) is 0 Å². The molecule has 0 fully saturated rings. The van der Waals surface area contributed by atoms with E-state index in [1.807, 2.05) is 13.8 Å².